The molecule has 0 aliphatic heterocycles. The molecule has 0 aliphatic carbocycles. The molecule has 0 saturated heterocycles. The van der Waals surface area contributed by atoms with Crippen molar-refractivity contribution in [3.8, 4) is 0 Å². The van der Waals surface area contributed by atoms with E-state index in [4.69, 9.17) is 0 Å². The number of halogens is 1. The molecule has 4 heteroatoms. The topological polar surface area (TPSA) is 45.8 Å². The number of nitrogens with zero attached hydrogens (tertiary/aromatic N) is 1. The van der Waals surface area contributed by atoms with Crippen molar-refractivity contribution >= 4 is 15.9 Å². The fourth-order valence-electron chi connectivity index (χ4n) is 1.54. The average molecular weight is 279 g/mol. The van der Waals surface area contributed by atoms with Crippen molar-refractivity contribution < 1.29 is 0 Å². The first-order valence-corrected chi connectivity index (χ1v) is 5.74. The number of hydrogen-bond donors (Lipinski definition) is 1. The number of aromatic nitrogens is 2. The smallest absolute Gasteiger partial charge is 0.267 e. The van der Waals surface area contributed by atoms with Crippen molar-refractivity contribution in [2.45, 2.75) is 13.3 Å². The van der Waals surface area contributed by atoms with Gasteiger partial charge < -0.3 is 0 Å². The van der Waals surface area contributed by atoms with Crippen LogP contribution in [-0.2, 0) is 6.42 Å². The maximum absolute atomic E-state index is 11.1. The van der Waals surface area contributed by atoms with Gasteiger partial charge in [0.15, 0.2) is 0 Å². The molecule has 2 rings (SSSR count). The molecule has 0 radical (unpaired) electrons. The SMILES string of the molecule is Cc1cccc(Cc2cc(Br)c(=O)[nH]n2)c1. The van der Waals surface area contributed by atoms with Crippen LogP contribution in [0.5, 0.6) is 0 Å². The third-order valence-electron chi connectivity index (χ3n) is 2.28. The number of benzene rings is 1. The van der Waals surface area contributed by atoms with Crippen molar-refractivity contribution in [2.24, 2.45) is 0 Å². The average Bonchev–Trinajstić information content (AvgIpc) is 2.24. The second-order valence-electron chi connectivity index (χ2n) is 3.70. The zero-order valence-corrected chi connectivity index (χ0v) is 10.4. The van der Waals surface area contributed by atoms with Crippen LogP contribution in [0.3, 0.4) is 0 Å². The Morgan fingerprint density at radius 1 is 1.38 bits per heavy atom. The molecule has 3 nitrogen and oxygen atoms in total. The van der Waals surface area contributed by atoms with Gasteiger partial charge in [-0.25, -0.2) is 5.10 Å². The van der Waals surface area contributed by atoms with E-state index >= 15 is 0 Å². The third-order valence-corrected chi connectivity index (χ3v) is 2.87. The molecule has 1 heterocycles. The van der Waals surface area contributed by atoms with Crippen LogP contribution >= 0.6 is 15.9 Å². The Morgan fingerprint density at radius 2 is 2.19 bits per heavy atom. The van der Waals surface area contributed by atoms with Gasteiger partial charge in [-0.3, -0.25) is 4.79 Å². The van der Waals surface area contributed by atoms with Gasteiger partial charge in [-0.15, -0.1) is 0 Å². The normalized spacial score (nSPS) is 10.4. The first-order chi connectivity index (χ1) is 7.65. The molecule has 1 aromatic heterocycles. The lowest BCUT2D eigenvalue weighted by Crippen LogP contribution is -2.10. The summed E-state index contributed by atoms with van der Waals surface area (Å²) in [6, 6.07) is 9.99. The third kappa shape index (κ3) is 2.58. The lowest BCUT2D eigenvalue weighted by Gasteiger charge is -2.02. The molecule has 0 unspecified atom stereocenters. The van der Waals surface area contributed by atoms with Gasteiger partial charge in [0.25, 0.3) is 5.56 Å². The second kappa shape index (κ2) is 4.61. The van der Waals surface area contributed by atoms with E-state index in [9.17, 15) is 4.79 Å². The van der Waals surface area contributed by atoms with Crippen molar-refractivity contribution in [1.29, 1.82) is 0 Å². The zero-order chi connectivity index (χ0) is 11.5. The first kappa shape index (κ1) is 11.1. The summed E-state index contributed by atoms with van der Waals surface area (Å²) in [5.74, 6) is 0. The minimum atomic E-state index is -0.201. The minimum absolute atomic E-state index is 0.201. The number of H-pyrrole nitrogens is 1. The Kier molecular flexibility index (Phi) is 3.19. The maximum Gasteiger partial charge on any atom is 0.278 e. The van der Waals surface area contributed by atoms with E-state index in [1.807, 2.05) is 12.1 Å². The van der Waals surface area contributed by atoms with Crippen LogP contribution < -0.4 is 5.56 Å². The van der Waals surface area contributed by atoms with E-state index in [-0.39, 0.29) is 5.56 Å². The molecule has 0 fully saturated rings. The lowest BCUT2D eigenvalue weighted by atomic mass is 10.1. The zero-order valence-electron chi connectivity index (χ0n) is 8.83. The fraction of sp³-hybridized carbons (Fsp3) is 0.167. The maximum atomic E-state index is 11.1. The van der Waals surface area contributed by atoms with Gasteiger partial charge in [-0.2, -0.15) is 5.10 Å². The van der Waals surface area contributed by atoms with Gasteiger partial charge in [-0.1, -0.05) is 29.8 Å². The van der Waals surface area contributed by atoms with Crippen LogP contribution in [0, 0.1) is 6.92 Å². The van der Waals surface area contributed by atoms with Crippen LogP contribution in [0.25, 0.3) is 0 Å². The van der Waals surface area contributed by atoms with Crippen molar-refractivity contribution in [3.63, 3.8) is 0 Å². The minimum Gasteiger partial charge on any atom is -0.267 e. The highest BCUT2D eigenvalue weighted by atomic mass is 79.9. The molecule has 1 aromatic carbocycles. The Bertz CT molecular complexity index is 563. The predicted molar refractivity (Wildman–Crippen MR) is 66.5 cm³/mol. The van der Waals surface area contributed by atoms with E-state index < -0.39 is 0 Å². The predicted octanol–water partition coefficient (Wildman–Crippen LogP) is 2.43. The van der Waals surface area contributed by atoms with Gasteiger partial charge in [-0.05, 0) is 34.5 Å². The molecule has 0 spiro atoms. The summed E-state index contributed by atoms with van der Waals surface area (Å²) in [5, 5.41) is 6.45. The summed E-state index contributed by atoms with van der Waals surface area (Å²) in [7, 11) is 0. The van der Waals surface area contributed by atoms with Crippen molar-refractivity contribution in [2.75, 3.05) is 0 Å². The van der Waals surface area contributed by atoms with Gasteiger partial charge in [0.05, 0.1) is 10.2 Å². The van der Waals surface area contributed by atoms with Gasteiger partial charge in [0.1, 0.15) is 0 Å². The number of hydrogen-bond acceptors (Lipinski definition) is 2. The highest BCUT2D eigenvalue weighted by Gasteiger charge is 2.01. The number of nitrogens with one attached hydrogen (secondary N) is 1. The quantitative estimate of drug-likeness (QED) is 0.917. The van der Waals surface area contributed by atoms with Gasteiger partial charge in [0, 0.05) is 6.42 Å². The van der Waals surface area contributed by atoms with Crippen LogP contribution in [-0.4, -0.2) is 10.2 Å². The number of rotatable bonds is 2. The largest absolute Gasteiger partial charge is 0.278 e. The van der Waals surface area contributed by atoms with Crippen molar-refractivity contribution in [3.05, 3.63) is 62.0 Å². The summed E-state index contributed by atoms with van der Waals surface area (Å²) in [6.45, 7) is 2.06. The van der Waals surface area contributed by atoms with E-state index in [1.54, 1.807) is 6.07 Å². The Morgan fingerprint density at radius 3 is 2.88 bits per heavy atom. The monoisotopic (exact) mass is 278 g/mol. The Labute approximate surface area is 102 Å². The fourth-order valence-corrected chi connectivity index (χ4v) is 1.89. The molecule has 82 valence electrons. The van der Waals surface area contributed by atoms with E-state index in [0.717, 1.165) is 12.1 Å². The standard InChI is InChI=1S/C12H11BrN2O/c1-8-3-2-4-9(5-8)6-10-7-11(13)12(16)15-14-10/h2-5,7H,6H2,1H3,(H,15,16). The molecule has 16 heavy (non-hydrogen) atoms. The van der Waals surface area contributed by atoms with Crippen molar-refractivity contribution in [1.82, 2.24) is 10.2 Å². The van der Waals surface area contributed by atoms with Crippen LogP contribution in [0.4, 0.5) is 0 Å². The molecule has 0 atom stereocenters. The summed E-state index contributed by atoms with van der Waals surface area (Å²) >= 11 is 3.19. The molecular weight excluding hydrogens is 268 g/mol. The summed E-state index contributed by atoms with van der Waals surface area (Å²) in [6.07, 6.45) is 0.719. The molecular formula is C12H11BrN2O. The van der Waals surface area contributed by atoms with Crippen LogP contribution in [0.2, 0.25) is 0 Å². The van der Waals surface area contributed by atoms with Crippen LogP contribution in [0.1, 0.15) is 16.8 Å². The highest BCUT2D eigenvalue weighted by molar-refractivity contribution is 9.10. The highest BCUT2D eigenvalue weighted by Crippen LogP contribution is 2.10. The molecule has 0 bridgehead atoms. The van der Waals surface area contributed by atoms with Crippen LogP contribution in [0.15, 0.2) is 39.6 Å². The lowest BCUT2D eigenvalue weighted by molar-refractivity contribution is 0.902. The van der Waals surface area contributed by atoms with E-state index in [1.165, 1.54) is 11.1 Å². The molecule has 0 amide bonds. The van der Waals surface area contributed by atoms with E-state index in [2.05, 4.69) is 45.2 Å². The van der Waals surface area contributed by atoms with Gasteiger partial charge >= 0.3 is 0 Å². The Hall–Kier alpha value is -1.42. The summed E-state index contributed by atoms with van der Waals surface area (Å²) in [5.41, 5.74) is 3.05. The molecule has 0 aliphatic rings. The molecule has 1 N–H and O–H groups in total. The summed E-state index contributed by atoms with van der Waals surface area (Å²) in [4.78, 5) is 11.1. The molecule has 0 saturated carbocycles. The van der Waals surface area contributed by atoms with E-state index in [0.29, 0.717) is 4.47 Å². The number of aryl methyl sites for hydroxylation is 1. The number of aromatic amines is 1. The molecule has 2 aromatic rings. The van der Waals surface area contributed by atoms with Gasteiger partial charge in [0.2, 0.25) is 0 Å². The second-order valence-corrected chi connectivity index (χ2v) is 4.56. The Balaban J connectivity index is 2.27. The summed E-state index contributed by atoms with van der Waals surface area (Å²) < 4.78 is 0.519. The first-order valence-electron chi connectivity index (χ1n) is 4.95.